The molecule has 0 aliphatic heterocycles. The molecule has 1 heterocycles. The second-order valence-electron chi connectivity index (χ2n) is 4.40. The molecule has 1 aromatic heterocycles. The van der Waals surface area contributed by atoms with Crippen LogP contribution in [0.2, 0.25) is 0 Å². The number of nitrogens with one attached hydrogen (secondary N) is 1. The summed E-state index contributed by atoms with van der Waals surface area (Å²) in [4.78, 5) is 16.7. The highest BCUT2D eigenvalue weighted by Gasteiger charge is 2.11. The van der Waals surface area contributed by atoms with Crippen LogP contribution in [-0.2, 0) is 11.2 Å². The first-order valence-corrected chi connectivity index (χ1v) is 7.25. The molecular formula is C14H15ClN2OS. The van der Waals surface area contributed by atoms with Gasteiger partial charge in [-0.15, -0.1) is 22.9 Å². The number of halogens is 1. The van der Waals surface area contributed by atoms with Gasteiger partial charge in [-0.1, -0.05) is 29.8 Å². The van der Waals surface area contributed by atoms with Crippen LogP contribution in [0.25, 0.3) is 0 Å². The van der Waals surface area contributed by atoms with E-state index in [1.807, 2.05) is 0 Å². The molecule has 0 aliphatic rings. The van der Waals surface area contributed by atoms with Crippen LogP contribution in [0.15, 0.2) is 30.5 Å². The molecule has 0 saturated carbocycles. The minimum Gasteiger partial charge on any atom is -0.301 e. The van der Waals surface area contributed by atoms with Crippen LogP contribution in [0.4, 0.5) is 5.13 Å². The van der Waals surface area contributed by atoms with Crippen molar-refractivity contribution < 1.29 is 4.79 Å². The smallest absolute Gasteiger partial charge is 0.243 e. The Morgan fingerprint density at radius 3 is 2.74 bits per heavy atom. The number of benzene rings is 1. The van der Waals surface area contributed by atoms with Gasteiger partial charge in [0.05, 0.1) is 0 Å². The molecule has 100 valence electrons. The van der Waals surface area contributed by atoms with E-state index in [2.05, 4.69) is 41.5 Å². The van der Waals surface area contributed by atoms with Crippen molar-refractivity contribution >= 4 is 34.0 Å². The van der Waals surface area contributed by atoms with Gasteiger partial charge in [0.2, 0.25) is 5.91 Å². The Labute approximate surface area is 121 Å². The summed E-state index contributed by atoms with van der Waals surface area (Å²) in [5.41, 5.74) is 2.48. The fourth-order valence-electron chi connectivity index (χ4n) is 1.56. The highest BCUT2D eigenvalue weighted by Crippen LogP contribution is 2.21. The number of alkyl halides is 1. The average Bonchev–Trinajstić information content (AvgIpc) is 2.79. The number of hydrogen-bond acceptors (Lipinski definition) is 3. The fraction of sp³-hybridized carbons (Fsp3) is 0.286. The summed E-state index contributed by atoms with van der Waals surface area (Å²) in [6, 6.07) is 8.39. The first kappa shape index (κ1) is 14.0. The van der Waals surface area contributed by atoms with Crippen LogP contribution < -0.4 is 5.32 Å². The van der Waals surface area contributed by atoms with E-state index < -0.39 is 5.38 Å². The summed E-state index contributed by atoms with van der Waals surface area (Å²) in [6.45, 7) is 3.70. The van der Waals surface area contributed by atoms with Crippen molar-refractivity contribution in [3.63, 3.8) is 0 Å². The highest BCUT2D eigenvalue weighted by molar-refractivity contribution is 7.15. The minimum atomic E-state index is -0.551. The van der Waals surface area contributed by atoms with E-state index in [0.717, 1.165) is 11.3 Å². The lowest BCUT2D eigenvalue weighted by Gasteiger charge is -2.01. The molecule has 19 heavy (non-hydrogen) atoms. The highest BCUT2D eigenvalue weighted by atomic mass is 35.5. The Morgan fingerprint density at radius 2 is 2.11 bits per heavy atom. The Bertz CT molecular complexity index is 563. The number of hydrogen-bond donors (Lipinski definition) is 1. The number of aryl methyl sites for hydroxylation is 1. The molecule has 2 aromatic rings. The Morgan fingerprint density at radius 1 is 1.42 bits per heavy atom. The molecule has 0 unspecified atom stereocenters. The van der Waals surface area contributed by atoms with Crippen molar-refractivity contribution in [1.82, 2.24) is 4.98 Å². The van der Waals surface area contributed by atoms with Crippen molar-refractivity contribution in [3.05, 3.63) is 46.5 Å². The predicted octanol–water partition coefficient (Wildman–Crippen LogP) is 3.61. The zero-order valence-electron chi connectivity index (χ0n) is 10.8. The summed E-state index contributed by atoms with van der Waals surface area (Å²) in [7, 11) is 0. The lowest BCUT2D eigenvalue weighted by molar-refractivity contribution is -0.115. The maximum absolute atomic E-state index is 11.4. The molecule has 0 saturated heterocycles. The maximum Gasteiger partial charge on any atom is 0.243 e. The number of nitrogens with zero attached hydrogens (tertiary/aromatic N) is 1. The van der Waals surface area contributed by atoms with E-state index in [4.69, 9.17) is 11.6 Å². The van der Waals surface area contributed by atoms with Crippen molar-refractivity contribution in [2.24, 2.45) is 0 Å². The van der Waals surface area contributed by atoms with Crippen LogP contribution in [0.5, 0.6) is 0 Å². The number of carbonyl (C=O) groups is 1. The SMILES string of the molecule is Cc1ccc(Cc2cnc(NC(=O)[C@H](C)Cl)s2)cc1. The van der Waals surface area contributed by atoms with Gasteiger partial charge in [-0.3, -0.25) is 4.79 Å². The molecule has 0 aliphatic carbocycles. The van der Waals surface area contributed by atoms with Crippen LogP contribution in [0.3, 0.4) is 0 Å². The van der Waals surface area contributed by atoms with E-state index in [1.165, 1.54) is 22.5 Å². The molecule has 2 rings (SSSR count). The van der Waals surface area contributed by atoms with Gasteiger partial charge in [0.15, 0.2) is 5.13 Å². The van der Waals surface area contributed by atoms with E-state index in [-0.39, 0.29) is 5.91 Å². The van der Waals surface area contributed by atoms with E-state index in [1.54, 1.807) is 13.1 Å². The Hall–Kier alpha value is -1.39. The number of carbonyl (C=O) groups excluding carboxylic acids is 1. The normalized spacial score (nSPS) is 12.2. The Kier molecular flexibility index (Phi) is 4.56. The van der Waals surface area contributed by atoms with Gasteiger partial charge in [0, 0.05) is 17.5 Å². The van der Waals surface area contributed by atoms with Gasteiger partial charge in [0.1, 0.15) is 5.38 Å². The standard InChI is InChI=1S/C14H15ClN2OS/c1-9-3-5-11(6-4-9)7-12-8-16-14(19-12)17-13(18)10(2)15/h3-6,8,10H,7H2,1-2H3,(H,16,17,18)/t10-/m0/s1. The third kappa shape index (κ3) is 4.04. The molecule has 0 fully saturated rings. The zero-order chi connectivity index (χ0) is 13.8. The summed E-state index contributed by atoms with van der Waals surface area (Å²) >= 11 is 7.17. The predicted molar refractivity (Wildman–Crippen MR) is 80.0 cm³/mol. The number of rotatable bonds is 4. The summed E-state index contributed by atoms with van der Waals surface area (Å²) in [6.07, 6.45) is 2.61. The second-order valence-corrected chi connectivity index (χ2v) is 6.17. The number of amides is 1. The molecule has 3 nitrogen and oxygen atoms in total. The topological polar surface area (TPSA) is 42.0 Å². The van der Waals surface area contributed by atoms with Crippen molar-refractivity contribution in [3.8, 4) is 0 Å². The van der Waals surface area contributed by atoms with Crippen LogP contribution in [0.1, 0.15) is 22.9 Å². The van der Waals surface area contributed by atoms with Gasteiger partial charge in [-0.05, 0) is 19.4 Å². The van der Waals surface area contributed by atoms with Gasteiger partial charge in [-0.2, -0.15) is 0 Å². The van der Waals surface area contributed by atoms with Gasteiger partial charge in [-0.25, -0.2) is 4.98 Å². The molecule has 5 heteroatoms. The molecule has 1 atom stereocenters. The summed E-state index contributed by atoms with van der Waals surface area (Å²) < 4.78 is 0. The Balaban J connectivity index is 2.01. The molecule has 0 bridgehead atoms. The van der Waals surface area contributed by atoms with Gasteiger partial charge >= 0.3 is 0 Å². The zero-order valence-corrected chi connectivity index (χ0v) is 12.4. The van der Waals surface area contributed by atoms with E-state index in [9.17, 15) is 4.79 Å². The third-order valence-electron chi connectivity index (χ3n) is 2.64. The molecule has 1 N–H and O–H groups in total. The largest absolute Gasteiger partial charge is 0.301 e. The number of anilines is 1. The maximum atomic E-state index is 11.4. The van der Waals surface area contributed by atoms with Gasteiger partial charge in [0.25, 0.3) is 0 Å². The van der Waals surface area contributed by atoms with Crippen molar-refractivity contribution in [1.29, 1.82) is 0 Å². The van der Waals surface area contributed by atoms with Crippen LogP contribution in [0, 0.1) is 6.92 Å². The minimum absolute atomic E-state index is 0.224. The number of thiazole rings is 1. The molecule has 1 amide bonds. The quantitative estimate of drug-likeness (QED) is 0.875. The lowest BCUT2D eigenvalue weighted by Crippen LogP contribution is -2.19. The first-order valence-electron chi connectivity index (χ1n) is 6.00. The van der Waals surface area contributed by atoms with Crippen LogP contribution in [-0.4, -0.2) is 16.3 Å². The average molecular weight is 295 g/mol. The number of aromatic nitrogens is 1. The fourth-order valence-corrected chi connectivity index (χ4v) is 2.46. The molecule has 0 spiro atoms. The van der Waals surface area contributed by atoms with Crippen molar-refractivity contribution in [2.45, 2.75) is 25.6 Å². The monoisotopic (exact) mass is 294 g/mol. The molecule has 1 aromatic carbocycles. The van der Waals surface area contributed by atoms with E-state index >= 15 is 0 Å². The lowest BCUT2D eigenvalue weighted by atomic mass is 10.1. The molecular weight excluding hydrogens is 280 g/mol. The van der Waals surface area contributed by atoms with E-state index in [0.29, 0.717) is 5.13 Å². The van der Waals surface area contributed by atoms with Crippen molar-refractivity contribution in [2.75, 3.05) is 5.32 Å². The summed E-state index contributed by atoms with van der Waals surface area (Å²) in [5, 5.41) is 2.74. The summed E-state index contributed by atoms with van der Waals surface area (Å²) in [5.74, 6) is -0.224. The second kappa shape index (κ2) is 6.17. The van der Waals surface area contributed by atoms with Gasteiger partial charge < -0.3 is 5.32 Å². The first-order chi connectivity index (χ1) is 9.04. The van der Waals surface area contributed by atoms with Crippen LogP contribution >= 0.6 is 22.9 Å². The third-order valence-corrected chi connectivity index (χ3v) is 3.75. The molecule has 0 radical (unpaired) electrons.